The molecule has 3 aromatic heterocycles. The van der Waals surface area contributed by atoms with Crippen molar-refractivity contribution in [3.8, 4) is 17.0 Å². The molecule has 0 aliphatic carbocycles. The summed E-state index contributed by atoms with van der Waals surface area (Å²) >= 11 is 0. The van der Waals surface area contributed by atoms with Crippen LogP contribution in [0.2, 0.25) is 0 Å². The first-order chi connectivity index (χ1) is 18.0. The normalized spacial score (nSPS) is 16.7. The zero-order valence-electron chi connectivity index (χ0n) is 19.6. The van der Waals surface area contributed by atoms with Gasteiger partial charge in [-0.1, -0.05) is 0 Å². The van der Waals surface area contributed by atoms with Gasteiger partial charge in [-0.2, -0.15) is 17.5 Å². The summed E-state index contributed by atoms with van der Waals surface area (Å²) in [6.07, 6.45) is 0.590. The van der Waals surface area contributed by atoms with Gasteiger partial charge in [-0.15, -0.1) is 0 Å². The molecule has 0 radical (unpaired) electrons. The number of halogens is 3. The van der Waals surface area contributed by atoms with Gasteiger partial charge in [0.25, 0.3) is 10.0 Å². The maximum atomic E-state index is 13.2. The second kappa shape index (κ2) is 9.72. The molecule has 0 unspecified atom stereocenters. The third-order valence-electron chi connectivity index (χ3n) is 6.26. The number of furan rings is 1. The van der Waals surface area contributed by atoms with Gasteiger partial charge in [0.1, 0.15) is 17.4 Å². The SMILES string of the molecule is O=C(NCc1ccnc(-c2ccc(C(F)(F)F)cc2O)c1)[C@@H]1CCCN1S(=O)(=O)c1cc2cnccc2o1. The van der Waals surface area contributed by atoms with Crippen LogP contribution in [0.4, 0.5) is 13.2 Å². The van der Waals surface area contributed by atoms with Crippen LogP contribution in [0.3, 0.4) is 0 Å². The van der Waals surface area contributed by atoms with Crippen molar-refractivity contribution in [1.29, 1.82) is 0 Å². The first-order valence-corrected chi connectivity index (χ1v) is 13.0. The number of benzene rings is 1. The molecule has 1 aliphatic heterocycles. The Hall–Kier alpha value is -3.97. The van der Waals surface area contributed by atoms with Gasteiger partial charge >= 0.3 is 6.18 Å². The van der Waals surface area contributed by atoms with Crippen molar-refractivity contribution in [3.63, 3.8) is 0 Å². The Balaban J connectivity index is 1.30. The molecule has 1 atom stereocenters. The fraction of sp³-hybridized carbons (Fsp3) is 0.240. The monoisotopic (exact) mass is 546 g/mol. The highest BCUT2D eigenvalue weighted by atomic mass is 32.2. The zero-order chi connectivity index (χ0) is 27.1. The van der Waals surface area contributed by atoms with Gasteiger partial charge in [0.2, 0.25) is 11.0 Å². The molecule has 9 nitrogen and oxygen atoms in total. The standard InChI is InChI=1S/C25H21F3N4O5S/c26-25(27,28)17-3-4-18(21(33)12-17)19-10-15(5-8-30-19)13-31-24(34)20-2-1-9-32(20)38(35,36)23-11-16-14-29-7-6-22(16)37-23/h3-8,10-12,14,20,33H,1-2,9,13H2,(H,31,34)/t20-/m0/s1. The molecule has 1 saturated heterocycles. The Kier molecular flexibility index (Phi) is 6.57. The first-order valence-electron chi connectivity index (χ1n) is 11.5. The lowest BCUT2D eigenvalue weighted by atomic mass is 10.0. The van der Waals surface area contributed by atoms with Crippen LogP contribution in [0.5, 0.6) is 5.75 Å². The van der Waals surface area contributed by atoms with Crippen molar-refractivity contribution >= 4 is 26.9 Å². The molecular formula is C25H21F3N4O5S. The summed E-state index contributed by atoms with van der Waals surface area (Å²) in [6.45, 7) is 0.165. The van der Waals surface area contributed by atoms with E-state index < -0.39 is 39.5 Å². The van der Waals surface area contributed by atoms with E-state index in [1.165, 1.54) is 30.7 Å². The number of amides is 1. The van der Waals surface area contributed by atoms with E-state index in [0.717, 1.165) is 16.4 Å². The summed E-state index contributed by atoms with van der Waals surface area (Å²) < 4.78 is 71.8. The minimum Gasteiger partial charge on any atom is -0.507 e. The molecule has 1 aromatic carbocycles. The smallest absolute Gasteiger partial charge is 0.416 e. The maximum absolute atomic E-state index is 13.2. The van der Waals surface area contributed by atoms with Crippen LogP contribution >= 0.6 is 0 Å². The van der Waals surface area contributed by atoms with Gasteiger partial charge in [0.05, 0.1) is 11.3 Å². The number of carbonyl (C=O) groups excluding carboxylic acids is 1. The number of nitrogens with one attached hydrogen (secondary N) is 1. The third kappa shape index (κ3) is 4.94. The van der Waals surface area contributed by atoms with Gasteiger partial charge < -0.3 is 14.8 Å². The highest BCUT2D eigenvalue weighted by molar-refractivity contribution is 7.89. The van der Waals surface area contributed by atoms with Crippen molar-refractivity contribution < 1.29 is 35.9 Å². The van der Waals surface area contributed by atoms with Gasteiger partial charge in [-0.3, -0.25) is 14.8 Å². The highest BCUT2D eigenvalue weighted by Gasteiger charge is 2.41. The van der Waals surface area contributed by atoms with Crippen LogP contribution in [0.25, 0.3) is 22.2 Å². The molecule has 0 saturated carbocycles. The number of phenolic OH excluding ortho intramolecular Hbond substituents is 1. The van der Waals surface area contributed by atoms with Gasteiger partial charge in [0.15, 0.2) is 0 Å². The minimum absolute atomic E-state index is 0.0104. The Bertz CT molecular complexity index is 1590. The topological polar surface area (TPSA) is 126 Å². The predicted octanol–water partition coefficient (Wildman–Crippen LogP) is 4.08. The lowest BCUT2D eigenvalue weighted by Crippen LogP contribution is -2.45. The molecule has 2 N–H and O–H groups in total. The second-order valence-corrected chi connectivity index (χ2v) is 10.6. The van der Waals surface area contributed by atoms with E-state index in [9.17, 15) is 31.5 Å². The Labute approximate surface area is 215 Å². The summed E-state index contributed by atoms with van der Waals surface area (Å²) in [5.74, 6) is -1.08. The first kappa shape index (κ1) is 25.7. The number of hydrogen-bond donors (Lipinski definition) is 2. The number of sulfonamides is 1. The van der Waals surface area contributed by atoms with Crippen molar-refractivity contribution in [1.82, 2.24) is 19.6 Å². The third-order valence-corrected chi connectivity index (χ3v) is 8.02. The summed E-state index contributed by atoms with van der Waals surface area (Å²) in [7, 11) is -4.08. The van der Waals surface area contributed by atoms with Gasteiger partial charge in [-0.05, 0) is 54.8 Å². The average molecular weight is 547 g/mol. The van der Waals surface area contributed by atoms with E-state index in [1.807, 2.05) is 0 Å². The number of aromatic nitrogens is 2. The molecule has 1 amide bonds. The van der Waals surface area contributed by atoms with Crippen LogP contribution in [-0.2, 0) is 27.5 Å². The molecule has 1 fully saturated rings. The zero-order valence-corrected chi connectivity index (χ0v) is 20.5. The van der Waals surface area contributed by atoms with Crippen LogP contribution in [0, 0.1) is 0 Å². The number of fused-ring (bicyclic) bond motifs is 1. The van der Waals surface area contributed by atoms with Gasteiger partial charge in [-0.25, -0.2) is 8.42 Å². The quantitative estimate of drug-likeness (QED) is 0.373. The molecule has 5 rings (SSSR count). The number of aromatic hydroxyl groups is 1. The maximum Gasteiger partial charge on any atom is 0.416 e. The number of phenols is 1. The molecule has 198 valence electrons. The number of alkyl halides is 3. The summed E-state index contributed by atoms with van der Waals surface area (Å²) in [6, 6.07) is 7.70. The number of rotatable bonds is 6. The molecular weight excluding hydrogens is 525 g/mol. The van der Waals surface area contributed by atoms with Crippen LogP contribution in [0.15, 0.2) is 70.6 Å². The van der Waals surface area contributed by atoms with Crippen molar-refractivity contribution in [3.05, 3.63) is 72.2 Å². The number of hydrogen-bond acceptors (Lipinski definition) is 7. The molecule has 1 aliphatic rings. The van der Waals surface area contributed by atoms with Crippen molar-refractivity contribution in [2.24, 2.45) is 0 Å². The Morgan fingerprint density at radius 2 is 1.97 bits per heavy atom. The van der Waals surface area contributed by atoms with E-state index in [0.29, 0.717) is 35.4 Å². The van der Waals surface area contributed by atoms with Crippen molar-refractivity contribution in [2.75, 3.05) is 6.54 Å². The highest BCUT2D eigenvalue weighted by Crippen LogP contribution is 2.36. The van der Waals surface area contributed by atoms with Gasteiger partial charge in [0, 0.05) is 48.7 Å². The fourth-order valence-electron chi connectivity index (χ4n) is 4.36. The van der Waals surface area contributed by atoms with Crippen LogP contribution in [0.1, 0.15) is 24.0 Å². The molecule has 38 heavy (non-hydrogen) atoms. The van der Waals surface area contributed by atoms with E-state index >= 15 is 0 Å². The summed E-state index contributed by atoms with van der Waals surface area (Å²) in [5, 5.41) is 13.1. The Morgan fingerprint density at radius 3 is 2.71 bits per heavy atom. The van der Waals surface area contributed by atoms with Crippen LogP contribution < -0.4 is 5.32 Å². The van der Waals surface area contributed by atoms with E-state index in [1.54, 1.807) is 12.1 Å². The molecule has 0 bridgehead atoms. The lowest BCUT2D eigenvalue weighted by molar-refractivity contribution is -0.137. The summed E-state index contributed by atoms with van der Waals surface area (Å²) in [4.78, 5) is 21.1. The van der Waals surface area contributed by atoms with E-state index in [4.69, 9.17) is 4.42 Å². The van der Waals surface area contributed by atoms with E-state index in [2.05, 4.69) is 15.3 Å². The molecule has 13 heteroatoms. The number of nitrogens with zero attached hydrogens (tertiary/aromatic N) is 3. The number of carbonyl (C=O) groups is 1. The molecule has 0 spiro atoms. The average Bonchev–Trinajstić information content (AvgIpc) is 3.55. The summed E-state index contributed by atoms with van der Waals surface area (Å²) in [5.41, 5.74) is 0.247. The van der Waals surface area contributed by atoms with Crippen molar-refractivity contribution in [2.45, 2.75) is 36.7 Å². The fourth-order valence-corrected chi connectivity index (χ4v) is 5.96. The lowest BCUT2D eigenvalue weighted by Gasteiger charge is -2.22. The largest absolute Gasteiger partial charge is 0.507 e. The minimum atomic E-state index is -4.60. The Morgan fingerprint density at radius 1 is 1.16 bits per heavy atom. The van der Waals surface area contributed by atoms with E-state index in [-0.39, 0.29) is 29.4 Å². The number of pyridine rings is 2. The molecule has 4 heterocycles. The second-order valence-electron chi connectivity index (χ2n) is 8.75. The van der Waals surface area contributed by atoms with Crippen LogP contribution in [-0.4, -0.2) is 46.3 Å². The molecule has 4 aromatic rings. The predicted molar refractivity (Wildman–Crippen MR) is 129 cm³/mol.